The number of benzene rings is 2. The zero-order valence-corrected chi connectivity index (χ0v) is 21.5. The smallest absolute Gasteiger partial charge is 0.122 e. The lowest BCUT2D eigenvalue weighted by atomic mass is 9.79. The molecule has 1 saturated carbocycles. The maximum Gasteiger partial charge on any atom is 0.122 e. The van der Waals surface area contributed by atoms with Crippen molar-refractivity contribution in [2.75, 3.05) is 6.61 Å². The number of unbranched alkanes of at least 4 members (excludes halogenated alkanes) is 1. The Labute approximate surface area is 202 Å². The largest absolute Gasteiger partial charge is 0.493 e. The summed E-state index contributed by atoms with van der Waals surface area (Å²) in [6, 6.07) is 17.5. The van der Waals surface area contributed by atoms with Gasteiger partial charge in [0.05, 0.1) is 6.61 Å². The van der Waals surface area contributed by atoms with E-state index in [0.717, 1.165) is 36.6 Å². The molecule has 1 aliphatic carbocycles. The molecule has 178 valence electrons. The van der Waals surface area contributed by atoms with Crippen molar-refractivity contribution in [2.45, 2.75) is 91.9 Å². The molecule has 0 aromatic heterocycles. The third kappa shape index (κ3) is 7.06. The molecular formula is C31H43NO. The van der Waals surface area contributed by atoms with E-state index in [9.17, 15) is 0 Å². The SMILES string of the molecule is CCCCc1ccc(C2CCC2)cc1OCC/C(N=C(C)c1ccccc1)=C(\C)C(C)CC. The van der Waals surface area contributed by atoms with E-state index in [1.807, 2.05) is 0 Å². The van der Waals surface area contributed by atoms with Gasteiger partial charge in [-0.1, -0.05) is 76.1 Å². The first-order valence-corrected chi connectivity index (χ1v) is 13.1. The summed E-state index contributed by atoms with van der Waals surface area (Å²) in [7, 11) is 0. The minimum Gasteiger partial charge on any atom is -0.493 e. The number of ether oxygens (including phenoxy) is 1. The van der Waals surface area contributed by atoms with Crippen LogP contribution >= 0.6 is 0 Å². The van der Waals surface area contributed by atoms with E-state index >= 15 is 0 Å². The van der Waals surface area contributed by atoms with Crippen molar-refractivity contribution in [2.24, 2.45) is 10.9 Å². The number of aryl methyl sites for hydroxylation is 1. The Balaban J connectivity index is 1.78. The fraction of sp³-hybridized carbons (Fsp3) is 0.516. The topological polar surface area (TPSA) is 21.6 Å². The molecule has 0 amide bonds. The first-order valence-electron chi connectivity index (χ1n) is 13.1. The molecule has 0 radical (unpaired) electrons. The van der Waals surface area contributed by atoms with Crippen molar-refractivity contribution >= 4 is 5.71 Å². The summed E-state index contributed by atoms with van der Waals surface area (Å²) in [6.07, 6.45) is 9.47. The maximum atomic E-state index is 6.47. The fourth-order valence-electron chi connectivity index (χ4n) is 4.41. The zero-order chi connectivity index (χ0) is 23.6. The number of allylic oxidation sites excluding steroid dienone is 1. The van der Waals surface area contributed by atoms with Crippen molar-refractivity contribution in [1.82, 2.24) is 0 Å². The average molecular weight is 446 g/mol. The molecule has 0 saturated heterocycles. The van der Waals surface area contributed by atoms with Gasteiger partial charge in [-0.25, -0.2) is 0 Å². The van der Waals surface area contributed by atoms with Crippen molar-refractivity contribution < 1.29 is 4.74 Å². The van der Waals surface area contributed by atoms with Gasteiger partial charge in [0.1, 0.15) is 5.75 Å². The monoisotopic (exact) mass is 445 g/mol. The molecule has 2 aromatic carbocycles. The van der Waals surface area contributed by atoms with Gasteiger partial charge < -0.3 is 4.74 Å². The summed E-state index contributed by atoms with van der Waals surface area (Å²) in [5.74, 6) is 2.35. The van der Waals surface area contributed by atoms with E-state index in [1.165, 1.54) is 60.1 Å². The van der Waals surface area contributed by atoms with Crippen LogP contribution in [-0.4, -0.2) is 12.3 Å². The summed E-state index contributed by atoms with van der Waals surface area (Å²) in [5.41, 5.74) is 7.63. The highest BCUT2D eigenvalue weighted by Crippen LogP contribution is 2.38. The van der Waals surface area contributed by atoms with Gasteiger partial charge in [0.25, 0.3) is 0 Å². The molecule has 2 heteroatoms. The highest BCUT2D eigenvalue weighted by molar-refractivity contribution is 5.99. The second-order valence-corrected chi connectivity index (χ2v) is 9.70. The molecule has 0 spiro atoms. The standard InChI is InChI=1S/C31H43NO/c1-6-8-13-28-18-19-29(27-16-12-17-27)22-31(28)33-21-20-30(24(4)23(3)7-2)32-25(5)26-14-10-9-11-15-26/h9-11,14-15,18-19,22-23,27H,6-8,12-13,16-17,20-21H2,1-5H3/b30-24-,32-25?. The van der Waals surface area contributed by atoms with E-state index in [1.54, 1.807) is 0 Å². The van der Waals surface area contributed by atoms with Crippen molar-refractivity contribution in [3.63, 3.8) is 0 Å². The number of hydrogen-bond acceptors (Lipinski definition) is 2. The molecule has 1 fully saturated rings. The minimum atomic E-state index is 0.523. The second kappa shape index (κ2) is 12.8. The van der Waals surface area contributed by atoms with E-state index < -0.39 is 0 Å². The van der Waals surface area contributed by atoms with Gasteiger partial charge in [-0.2, -0.15) is 0 Å². The minimum absolute atomic E-state index is 0.523. The molecule has 0 aliphatic heterocycles. The van der Waals surface area contributed by atoms with Crippen LogP contribution in [0.4, 0.5) is 0 Å². The Kier molecular flexibility index (Phi) is 9.78. The van der Waals surface area contributed by atoms with Crippen molar-refractivity contribution in [3.8, 4) is 5.75 Å². The summed E-state index contributed by atoms with van der Waals surface area (Å²) in [5, 5.41) is 0. The van der Waals surface area contributed by atoms with E-state index in [0.29, 0.717) is 12.5 Å². The summed E-state index contributed by atoms with van der Waals surface area (Å²) >= 11 is 0. The predicted octanol–water partition coefficient (Wildman–Crippen LogP) is 8.89. The average Bonchev–Trinajstić information content (AvgIpc) is 2.81. The summed E-state index contributed by atoms with van der Waals surface area (Å²) < 4.78 is 6.47. The number of hydrogen-bond donors (Lipinski definition) is 0. The lowest BCUT2D eigenvalue weighted by molar-refractivity contribution is 0.315. The second-order valence-electron chi connectivity index (χ2n) is 9.70. The van der Waals surface area contributed by atoms with Gasteiger partial charge in [-0.3, -0.25) is 4.99 Å². The van der Waals surface area contributed by atoms with Crippen LogP contribution in [0.25, 0.3) is 0 Å². The van der Waals surface area contributed by atoms with Gasteiger partial charge in [-0.05, 0) is 86.1 Å². The molecule has 1 atom stereocenters. The van der Waals surface area contributed by atoms with E-state index in [2.05, 4.69) is 83.1 Å². The number of rotatable bonds is 12. The first kappa shape index (κ1) is 25.3. The molecule has 1 aliphatic rings. The van der Waals surface area contributed by atoms with Gasteiger partial charge >= 0.3 is 0 Å². The summed E-state index contributed by atoms with van der Waals surface area (Å²) in [6.45, 7) is 11.8. The van der Waals surface area contributed by atoms with E-state index in [-0.39, 0.29) is 0 Å². The third-order valence-electron chi connectivity index (χ3n) is 7.36. The highest BCUT2D eigenvalue weighted by atomic mass is 16.5. The quantitative estimate of drug-likeness (QED) is 0.299. The van der Waals surface area contributed by atoms with Gasteiger partial charge in [0.15, 0.2) is 0 Å². The van der Waals surface area contributed by atoms with Crippen LogP contribution in [0, 0.1) is 5.92 Å². The molecule has 0 bridgehead atoms. The summed E-state index contributed by atoms with van der Waals surface area (Å²) in [4.78, 5) is 5.10. The fourth-order valence-corrected chi connectivity index (χ4v) is 4.41. The lowest BCUT2D eigenvalue weighted by Gasteiger charge is -2.26. The van der Waals surface area contributed by atoms with Crippen LogP contribution in [0.3, 0.4) is 0 Å². The van der Waals surface area contributed by atoms with Crippen LogP contribution in [0.15, 0.2) is 64.8 Å². The molecular weight excluding hydrogens is 402 g/mol. The van der Waals surface area contributed by atoms with Gasteiger partial charge in [0, 0.05) is 17.8 Å². The molecule has 0 heterocycles. The van der Waals surface area contributed by atoms with Gasteiger partial charge in [0.2, 0.25) is 0 Å². The van der Waals surface area contributed by atoms with Crippen LogP contribution < -0.4 is 4.74 Å². The molecule has 1 unspecified atom stereocenters. The van der Waals surface area contributed by atoms with Crippen molar-refractivity contribution in [1.29, 1.82) is 0 Å². The maximum absolute atomic E-state index is 6.47. The molecule has 2 nitrogen and oxygen atoms in total. The molecule has 33 heavy (non-hydrogen) atoms. The third-order valence-corrected chi connectivity index (χ3v) is 7.36. The predicted molar refractivity (Wildman–Crippen MR) is 143 cm³/mol. The Morgan fingerprint density at radius 1 is 1.06 bits per heavy atom. The van der Waals surface area contributed by atoms with Crippen LogP contribution in [0.1, 0.15) is 102 Å². The first-order chi connectivity index (χ1) is 16.0. The zero-order valence-electron chi connectivity index (χ0n) is 21.5. The van der Waals surface area contributed by atoms with Crippen molar-refractivity contribution in [3.05, 3.63) is 76.5 Å². The molecule has 3 rings (SSSR count). The Hall–Kier alpha value is -2.35. The molecule has 2 aromatic rings. The van der Waals surface area contributed by atoms with Crippen LogP contribution in [0.5, 0.6) is 5.75 Å². The Bertz CT molecular complexity index is 937. The molecule has 0 N–H and O–H groups in total. The lowest BCUT2D eigenvalue weighted by Crippen LogP contribution is -2.10. The number of aliphatic imine (C=N–C) groups is 1. The Morgan fingerprint density at radius 2 is 1.82 bits per heavy atom. The van der Waals surface area contributed by atoms with Crippen LogP contribution in [-0.2, 0) is 6.42 Å². The van der Waals surface area contributed by atoms with Crippen LogP contribution in [0.2, 0.25) is 0 Å². The number of nitrogens with zero attached hydrogens (tertiary/aromatic N) is 1. The van der Waals surface area contributed by atoms with E-state index in [4.69, 9.17) is 9.73 Å². The van der Waals surface area contributed by atoms with Gasteiger partial charge in [-0.15, -0.1) is 0 Å². The highest BCUT2D eigenvalue weighted by Gasteiger charge is 2.20. The normalized spacial score (nSPS) is 16.2. The Morgan fingerprint density at radius 3 is 2.45 bits per heavy atom.